The molecule has 0 unspecified atom stereocenters. The number of nitrogens with two attached hydrogens (primary N) is 1. The van der Waals surface area contributed by atoms with Crippen LogP contribution in [0.5, 0.6) is 0 Å². The second kappa shape index (κ2) is 4.52. The van der Waals surface area contributed by atoms with Crippen molar-refractivity contribution < 1.29 is 9.53 Å². The molecule has 0 aromatic carbocycles. The van der Waals surface area contributed by atoms with Gasteiger partial charge in [-0.15, -0.1) is 11.3 Å². The third kappa shape index (κ3) is 2.30. The van der Waals surface area contributed by atoms with Crippen LogP contribution in [0.15, 0.2) is 0 Å². The van der Waals surface area contributed by atoms with Crippen molar-refractivity contribution in [2.75, 3.05) is 6.61 Å². The summed E-state index contributed by atoms with van der Waals surface area (Å²) < 4.78 is 4.89. The van der Waals surface area contributed by atoms with Crippen molar-refractivity contribution in [3.05, 3.63) is 15.6 Å². The van der Waals surface area contributed by atoms with E-state index in [-0.39, 0.29) is 12.0 Å². The molecule has 0 amide bonds. The Morgan fingerprint density at radius 1 is 1.71 bits per heavy atom. The summed E-state index contributed by atoms with van der Waals surface area (Å²) in [6.07, 6.45) is 0. The van der Waals surface area contributed by atoms with Gasteiger partial charge in [0.1, 0.15) is 9.88 Å². The fourth-order valence-corrected chi connectivity index (χ4v) is 1.91. The minimum Gasteiger partial charge on any atom is -0.462 e. The maximum absolute atomic E-state index is 11.4. The molecule has 14 heavy (non-hydrogen) atoms. The van der Waals surface area contributed by atoms with E-state index in [1.165, 1.54) is 11.3 Å². The van der Waals surface area contributed by atoms with Crippen LogP contribution in [0.1, 0.15) is 40.3 Å². The summed E-state index contributed by atoms with van der Waals surface area (Å²) in [7, 11) is 0. The predicted molar refractivity (Wildman–Crippen MR) is 55.4 cm³/mol. The number of thiazole rings is 1. The van der Waals surface area contributed by atoms with Gasteiger partial charge in [-0.25, -0.2) is 9.78 Å². The Morgan fingerprint density at radius 2 is 2.36 bits per heavy atom. The molecule has 78 valence electrons. The van der Waals surface area contributed by atoms with Crippen LogP contribution in [0, 0.1) is 6.92 Å². The van der Waals surface area contributed by atoms with E-state index in [1.54, 1.807) is 13.8 Å². The first kappa shape index (κ1) is 11.1. The standard InChI is InChI=1S/C9H14N2O2S/c1-4-13-9(12)7-6(3)11-8(14-7)5(2)10/h5H,4,10H2,1-3H3/t5-/m0/s1. The second-order valence-corrected chi connectivity index (χ2v) is 4.01. The van der Waals surface area contributed by atoms with E-state index in [2.05, 4.69) is 4.98 Å². The van der Waals surface area contributed by atoms with Crippen LogP contribution in [0.2, 0.25) is 0 Å². The van der Waals surface area contributed by atoms with Crippen molar-refractivity contribution >= 4 is 17.3 Å². The molecule has 0 spiro atoms. The lowest BCUT2D eigenvalue weighted by Gasteiger charge is -1.98. The Morgan fingerprint density at radius 3 is 2.79 bits per heavy atom. The maximum atomic E-state index is 11.4. The maximum Gasteiger partial charge on any atom is 0.350 e. The molecule has 1 atom stereocenters. The van der Waals surface area contributed by atoms with E-state index in [9.17, 15) is 4.79 Å². The molecule has 0 saturated carbocycles. The quantitative estimate of drug-likeness (QED) is 0.777. The summed E-state index contributed by atoms with van der Waals surface area (Å²) in [5, 5.41) is 0.769. The number of carbonyl (C=O) groups is 1. The molecule has 1 heterocycles. The minimum atomic E-state index is -0.311. The summed E-state index contributed by atoms with van der Waals surface area (Å²) >= 11 is 1.30. The van der Waals surface area contributed by atoms with Crippen LogP contribution < -0.4 is 5.73 Å². The Bertz CT molecular complexity index is 334. The number of ether oxygens (including phenoxy) is 1. The Hall–Kier alpha value is -0.940. The van der Waals surface area contributed by atoms with Gasteiger partial charge in [0.2, 0.25) is 0 Å². The second-order valence-electron chi connectivity index (χ2n) is 2.98. The van der Waals surface area contributed by atoms with Crippen LogP contribution in [-0.4, -0.2) is 17.6 Å². The van der Waals surface area contributed by atoms with E-state index >= 15 is 0 Å². The van der Waals surface area contributed by atoms with Gasteiger partial charge < -0.3 is 10.5 Å². The molecule has 4 nitrogen and oxygen atoms in total. The molecule has 1 aromatic rings. The molecular weight excluding hydrogens is 200 g/mol. The number of nitrogens with zero attached hydrogens (tertiary/aromatic N) is 1. The first-order valence-electron chi connectivity index (χ1n) is 4.46. The van der Waals surface area contributed by atoms with Gasteiger partial charge in [0.25, 0.3) is 0 Å². The molecule has 0 aliphatic carbocycles. The van der Waals surface area contributed by atoms with E-state index in [4.69, 9.17) is 10.5 Å². The molecule has 0 aliphatic rings. The third-order valence-corrected chi connectivity index (χ3v) is 3.00. The highest BCUT2D eigenvalue weighted by molar-refractivity contribution is 7.13. The fraction of sp³-hybridized carbons (Fsp3) is 0.556. The first-order chi connectivity index (χ1) is 6.56. The molecular formula is C9H14N2O2S. The van der Waals surface area contributed by atoms with Gasteiger partial charge in [-0.05, 0) is 20.8 Å². The zero-order valence-corrected chi connectivity index (χ0v) is 9.35. The van der Waals surface area contributed by atoms with E-state index < -0.39 is 0 Å². The van der Waals surface area contributed by atoms with Gasteiger partial charge in [-0.2, -0.15) is 0 Å². The zero-order chi connectivity index (χ0) is 10.7. The molecule has 0 aliphatic heterocycles. The van der Waals surface area contributed by atoms with Crippen molar-refractivity contribution in [2.45, 2.75) is 26.8 Å². The average Bonchev–Trinajstić information content (AvgIpc) is 2.48. The monoisotopic (exact) mass is 214 g/mol. The lowest BCUT2D eigenvalue weighted by molar-refractivity contribution is 0.0531. The van der Waals surface area contributed by atoms with Gasteiger partial charge >= 0.3 is 5.97 Å². The highest BCUT2D eigenvalue weighted by atomic mass is 32.1. The Balaban J connectivity index is 2.92. The SMILES string of the molecule is CCOC(=O)c1sc([C@H](C)N)nc1C. The smallest absolute Gasteiger partial charge is 0.350 e. The van der Waals surface area contributed by atoms with Crippen molar-refractivity contribution in [1.29, 1.82) is 0 Å². The topological polar surface area (TPSA) is 65.2 Å². The predicted octanol–water partition coefficient (Wildman–Crippen LogP) is 1.65. The van der Waals surface area contributed by atoms with Crippen LogP contribution in [0.25, 0.3) is 0 Å². The van der Waals surface area contributed by atoms with Gasteiger partial charge in [0.15, 0.2) is 0 Å². The number of hydrogen-bond donors (Lipinski definition) is 1. The molecule has 0 saturated heterocycles. The number of aromatic nitrogens is 1. The number of hydrogen-bond acceptors (Lipinski definition) is 5. The number of rotatable bonds is 3. The molecule has 5 heteroatoms. The van der Waals surface area contributed by atoms with Crippen LogP contribution >= 0.6 is 11.3 Å². The molecule has 1 rings (SSSR count). The van der Waals surface area contributed by atoms with Gasteiger partial charge in [0.05, 0.1) is 18.3 Å². The lowest BCUT2D eigenvalue weighted by atomic mass is 10.3. The molecule has 0 fully saturated rings. The van der Waals surface area contributed by atoms with Crippen LogP contribution in [0.4, 0.5) is 0 Å². The lowest BCUT2D eigenvalue weighted by Crippen LogP contribution is -2.03. The highest BCUT2D eigenvalue weighted by Gasteiger charge is 2.17. The molecule has 0 radical (unpaired) electrons. The van der Waals surface area contributed by atoms with Gasteiger partial charge in [0, 0.05) is 0 Å². The van der Waals surface area contributed by atoms with E-state index in [0.717, 1.165) is 5.01 Å². The third-order valence-electron chi connectivity index (χ3n) is 1.66. The number of aryl methyl sites for hydroxylation is 1. The summed E-state index contributed by atoms with van der Waals surface area (Å²) in [6.45, 7) is 5.78. The summed E-state index contributed by atoms with van der Waals surface area (Å²) in [6, 6.07) is -0.137. The highest BCUT2D eigenvalue weighted by Crippen LogP contribution is 2.22. The van der Waals surface area contributed by atoms with Crippen LogP contribution in [-0.2, 0) is 4.74 Å². The van der Waals surface area contributed by atoms with Gasteiger partial charge in [-0.3, -0.25) is 0 Å². The normalized spacial score (nSPS) is 12.6. The first-order valence-corrected chi connectivity index (χ1v) is 5.28. The largest absolute Gasteiger partial charge is 0.462 e. The number of esters is 1. The summed E-state index contributed by atoms with van der Waals surface area (Å²) in [5.74, 6) is -0.311. The number of carbonyl (C=O) groups excluding carboxylic acids is 1. The average molecular weight is 214 g/mol. The van der Waals surface area contributed by atoms with Crippen molar-refractivity contribution in [2.24, 2.45) is 5.73 Å². The Kier molecular flexibility index (Phi) is 3.60. The van der Waals surface area contributed by atoms with Crippen molar-refractivity contribution in [1.82, 2.24) is 4.98 Å². The van der Waals surface area contributed by atoms with E-state index in [1.807, 2.05) is 6.92 Å². The zero-order valence-electron chi connectivity index (χ0n) is 8.53. The van der Waals surface area contributed by atoms with Crippen LogP contribution in [0.3, 0.4) is 0 Å². The fourth-order valence-electron chi connectivity index (χ4n) is 0.998. The van der Waals surface area contributed by atoms with E-state index in [0.29, 0.717) is 17.2 Å². The molecule has 0 bridgehead atoms. The molecule has 2 N–H and O–H groups in total. The summed E-state index contributed by atoms with van der Waals surface area (Å²) in [5.41, 5.74) is 6.36. The summed E-state index contributed by atoms with van der Waals surface area (Å²) in [4.78, 5) is 16.2. The van der Waals surface area contributed by atoms with Gasteiger partial charge in [-0.1, -0.05) is 0 Å². The van der Waals surface area contributed by atoms with Crippen molar-refractivity contribution in [3.8, 4) is 0 Å². The molecule has 1 aromatic heterocycles. The Labute approximate surface area is 87.1 Å². The minimum absolute atomic E-state index is 0.137. The van der Waals surface area contributed by atoms with Crippen molar-refractivity contribution in [3.63, 3.8) is 0 Å².